The van der Waals surface area contributed by atoms with Crippen LogP contribution < -0.4 is 0 Å². The molecule has 126 valence electrons. The zero-order valence-corrected chi connectivity index (χ0v) is 14.6. The molecule has 3 heteroatoms. The van der Waals surface area contributed by atoms with Gasteiger partial charge in [-0.15, -0.1) is 0 Å². The van der Waals surface area contributed by atoms with Crippen molar-refractivity contribution >= 4 is 5.84 Å². The van der Waals surface area contributed by atoms with Crippen LogP contribution in [0.2, 0.25) is 0 Å². The molecule has 3 rings (SSSR count). The Labute approximate surface area is 140 Å². The molecule has 1 atom stereocenters. The lowest BCUT2D eigenvalue weighted by Gasteiger charge is -2.43. The number of aliphatic imine (C=N–C) groups is 1. The number of nitrogens with zero attached hydrogens (tertiary/aromatic N) is 2. The molecule has 0 N–H and O–H groups in total. The van der Waals surface area contributed by atoms with E-state index in [0.29, 0.717) is 0 Å². The maximum Gasteiger partial charge on any atom is 0.132 e. The molecule has 2 aliphatic rings. The summed E-state index contributed by atoms with van der Waals surface area (Å²) < 4.78 is 6.90. The molecule has 1 aromatic carbocycles. The van der Waals surface area contributed by atoms with Crippen LogP contribution in [0.15, 0.2) is 35.3 Å². The molecule has 1 aliphatic carbocycles. The minimum Gasteiger partial charge on any atom is -0.347 e. The first-order chi connectivity index (χ1) is 11.2. The first-order valence-electron chi connectivity index (χ1n) is 9.26. The molecular weight excluding hydrogens is 284 g/mol. The van der Waals surface area contributed by atoms with Gasteiger partial charge in [-0.25, -0.2) is 0 Å². The lowest BCUT2D eigenvalue weighted by molar-refractivity contribution is -0.160. The predicted molar refractivity (Wildman–Crippen MR) is 95.7 cm³/mol. The van der Waals surface area contributed by atoms with E-state index in [0.717, 1.165) is 44.6 Å². The molecule has 1 fully saturated rings. The van der Waals surface area contributed by atoms with Crippen LogP contribution in [0.4, 0.5) is 0 Å². The summed E-state index contributed by atoms with van der Waals surface area (Å²) in [5.74, 6) is 1.14. The number of rotatable bonds is 6. The fourth-order valence-corrected chi connectivity index (χ4v) is 4.05. The monoisotopic (exact) mass is 314 g/mol. The van der Waals surface area contributed by atoms with E-state index in [1.165, 1.54) is 24.8 Å². The van der Waals surface area contributed by atoms with Gasteiger partial charge in [-0.1, -0.05) is 62.9 Å². The first kappa shape index (κ1) is 16.5. The molecule has 0 bridgehead atoms. The fourth-order valence-electron chi connectivity index (χ4n) is 4.05. The topological polar surface area (TPSA) is 24.8 Å². The van der Waals surface area contributed by atoms with E-state index in [1.807, 2.05) is 0 Å². The largest absolute Gasteiger partial charge is 0.347 e. The minimum atomic E-state index is -0.109. The standard InChI is InChI=1S/C20H30N2O/c1-3-10-19(22-16-15-21-17(22)2)23-20(13-8-5-9-14-20)18-11-6-4-7-12-18/h4,6-7,11-12,19H,3,5,8-10,13-16H2,1-2H3. The van der Waals surface area contributed by atoms with E-state index < -0.39 is 0 Å². The van der Waals surface area contributed by atoms with E-state index >= 15 is 0 Å². The summed E-state index contributed by atoms with van der Waals surface area (Å²) in [4.78, 5) is 6.95. The Morgan fingerprint density at radius 3 is 2.52 bits per heavy atom. The van der Waals surface area contributed by atoms with Crippen LogP contribution in [-0.2, 0) is 10.3 Å². The van der Waals surface area contributed by atoms with Gasteiger partial charge in [0.15, 0.2) is 0 Å². The molecule has 1 aliphatic heterocycles. The highest BCUT2D eigenvalue weighted by Gasteiger charge is 2.39. The second-order valence-corrected chi connectivity index (χ2v) is 6.90. The van der Waals surface area contributed by atoms with Gasteiger partial charge < -0.3 is 9.64 Å². The van der Waals surface area contributed by atoms with Gasteiger partial charge >= 0.3 is 0 Å². The smallest absolute Gasteiger partial charge is 0.132 e. The van der Waals surface area contributed by atoms with Crippen molar-refractivity contribution < 1.29 is 4.74 Å². The molecular formula is C20H30N2O. The van der Waals surface area contributed by atoms with E-state index in [2.05, 4.69) is 54.1 Å². The number of hydrogen-bond acceptors (Lipinski definition) is 3. The fraction of sp³-hybridized carbons (Fsp3) is 0.650. The molecule has 1 saturated carbocycles. The van der Waals surface area contributed by atoms with Gasteiger partial charge in [0.1, 0.15) is 6.23 Å². The van der Waals surface area contributed by atoms with Crippen LogP contribution in [0.3, 0.4) is 0 Å². The molecule has 0 radical (unpaired) electrons. The van der Waals surface area contributed by atoms with Crippen LogP contribution in [0.1, 0.15) is 64.4 Å². The van der Waals surface area contributed by atoms with Crippen LogP contribution in [0.25, 0.3) is 0 Å². The van der Waals surface area contributed by atoms with E-state index in [1.54, 1.807) is 0 Å². The van der Waals surface area contributed by atoms with Crippen LogP contribution in [0.5, 0.6) is 0 Å². The second-order valence-electron chi connectivity index (χ2n) is 6.90. The number of hydrogen-bond donors (Lipinski definition) is 0. The molecule has 1 aromatic rings. The quantitative estimate of drug-likeness (QED) is 0.759. The van der Waals surface area contributed by atoms with Crippen LogP contribution in [0, 0.1) is 0 Å². The minimum absolute atomic E-state index is 0.109. The molecule has 3 nitrogen and oxygen atoms in total. The molecule has 0 amide bonds. The van der Waals surface area contributed by atoms with Gasteiger partial charge in [0.25, 0.3) is 0 Å². The van der Waals surface area contributed by atoms with Gasteiger partial charge in [0, 0.05) is 6.54 Å². The van der Waals surface area contributed by atoms with Crippen LogP contribution >= 0.6 is 0 Å². The Kier molecular flexibility index (Phi) is 5.37. The van der Waals surface area contributed by atoms with Crippen molar-refractivity contribution in [1.82, 2.24) is 4.90 Å². The van der Waals surface area contributed by atoms with Gasteiger partial charge in [0.05, 0.1) is 18.0 Å². The zero-order chi connectivity index (χ0) is 16.1. The normalized spacial score (nSPS) is 22.0. The Bertz CT molecular complexity index is 520. The summed E-state index contributed by atoms with van der Waals surface area (Å²) in [5, 5.41) is 0. The number of amidine groups is 1. The summed E-state index contributed by atoms with van der Waals surface area (Å²) in [6.45, 7) is 6.28. The van der Waals surface area contributed by atoms with E-state index in [9.17, 15) is 0 Å². The number of ether oxygens (including phenoxy) is 1. The van der Waals surface area contributed by atoms with Gasteiger partial charge in [0.2, 0.25) is 0 Å². The third kappa shape index (κ3) is 3.60. The molecule has 1 heterocycles. The SMILES string of the molecule is CCCC(OC1(c2ccccc2)CCCCC1)N1CCN=C1C. The van der Waals surface area contributed by atoms with Crippen molar-refractivity contribution in [3.63, 3.8) is 0 Å². The van der Waals surface area contributed by atoms with Crippen molar-refractivity contribution in [2.24, 2.45) is 4.99 Å². The molecule has 0 spiro atoms. The van der Waals surface area contributed by atoms with Crippen molar-refractivity contribution in [2.75, 3.05) is 13.1 Å². The Balaban J connectivity index is 1.85. The third-order valence-electron chi connectivity index (χ3n) is 5.30. The summed E-state index contributed by atoms with van der Waals surface area (Å²) in [5.41, 5.74) is 1.25. The summed E-state index contributed by atoms with van der Waals surface area (Å²) in [6.07, 6.45) is 8.51. The molecule has 0 saturated heterocycles. The molecule has 23 heavy (non-hydrogen) atoms. The van der Waals surface area contributed by atoms with Crippen LogP contribution in [-0.4, -0.2) is 30.1 Å². The second kappa shape index (κ2) is 7.48. The Hall–Kier alpha value is -1.35. The highest BCUT2D eigenvalue weighted by atomic mass is 16.5. The van der Waals surface area contributed by atoms with Gasteiger partial charge in [-0.3, -0.25) is 4.99 Å². The summed E-state index contributed by atoms with van der Waals surface area (Å²) in [6, 6.07) is 10.9. The van der Waals surface area contributed by atoms with Gasteiger partial charge in [-0.05, 0) is 31.7 Å². The average Bonchev–Trinajstić information content (AvgIpc) is 3.02. The average molecular weight is 314 g/mol. The summed E-state index contributed by atoms with van der Waals surface area (Å²) >= 11 is 0. The van der Waals surface area contributed by atoms with Crippen molar-refractivity contribution in [3.05, 3.63) is 35.9 Å². The maximum atomic E-state index is 6.90. The predicted octanol–water partition coefficient (Wildman–Crippen LogP) is 4.72. The Morgan fingerprint density at radius 1 is 1.17 bits per heavy atom. The van der Waals surface area contributed by atoms with Gasteiger partial charge in [-0.2, -0.15) is 0 Å². The third-order valence-corrected chi connectivity index (χ3v) is 5.30. The molecule has 0 aromatic heterocycles. The van der Waals surface area contributed by atoms with E-state index in [4.69, 9.17) is 4.74 Å². The zero-order valence-electron chi connectivity index (χ0n) is 14.6. The highest BCUT2D eigenvalue weighted by molar-refractivity contribution is 5.81. The number of benzene rings is 1. The first-order valence-corrected chi connectivity index (χ1v) is 9.26. The lowest BCUT2D eigenvalue weighted by Crippen LogP contribution is -2.45. The molecule has 1 unspecified atom stereocenters. The summed E-state index contributed by atoms with van der Waals surface area (Å²) in [7, 11) is 0. The van der Waals surface area contributed by atoms with E-state index in [-0.39, 0.29) is 11.8 Å². The Morgan fingerprint density at radius 2 is 1.91 bits per heavy atom. The van der Waals surface area contributed by atoms with Crippen molar-refractivity contribution in [1.29, 1.82) is 0 Å². The maximum absolute atomic E-state index is 6.90. The van der Waals surface area contributed by atoms with Crippen molar-refractivity contribution in [2.45, 2.75) is 70.6 Å². The van der Waals surface area contributed by atoms with Crippen molar-refractivity contribution in [3.8, 4) is 0 Å². The highest BCUT2D eigenvalue weighted by Crippen LogP contribution is 2.42. The lowest BCUT2D eigenvalue weighted by atomic mass is 9.79.